The molecule has 0 aliphatic heterocycles. The fourth-order valence-corrected chi connectivity index (χ4v) is 6.93. The molecule has 0 amide bonds. The second kappa shape index (κ2) is 7.78. The van der Waals surface area contributed by atoms with Gasteiger partial charge >= 0.3 is 0 Å². The van der Waals surface area contributed by atoms with Gasteiger partial charge < -0.3 is 4.42 Å². The van der Waals surface area contributed by atoms with Gasteiger partial charge in [0.15, 0.2) is 0 Å². The van der Waals surface area contributed by atoms with Crippen LogP contribution in [0.15, 0.2) is 114 Å². The van der Waals surface area contributed by atoms with Crippen LogP contribution < -0.4 is 10.4 Å². The van der Waals surface area contributed by atoms with Gasteiger partial charge in [-0.2, -0.15) is 0 Å². The van der Waals surface area contributed by atoms with Crippen molar-refractivity contribution in [3.8, 4) is 33.5 Å². The molecular weight excluding hydrogens is 474 g/mol. The molecule has 0 saturated carbocycles. The Morgan fingerprint density at radius 3 is 2.18 bits per heavy atom. The summed E-state index contributed by atoms with van der Waals surface area (Å²) >= 11 is 0. The second-order valence-electron chi connectivity index (χ2n) is 10.6. The van der Waals surface area contributed by atoms with Crippen LogP contribution in [0.5, 0.6) is 0 Å². The number of fused-ring (bicyclic) bond motifs is 8. The molecule has 39 heavy (non-hydrogen) atoms. The fourth-order valence-electron chi connectivity index (χ4n) is 6.93. The van der Waals surface area contributed by atoms with Gasteiger partial charge in [0, 0.05) is 33.7 Å². The van der Waals surface area contributed by atoms with E-state index in [9.17, 15) is 0 Å². The molecule has 0 N–H and O–H groups in total. The van der Waals surface area contributed by atoms with E-state index in [2.05, 4.69) is 97.1 Å². The number of hydrogen-bond donors (Lipinski definition) is 0. The van der Waals surface area contributed by atoms with Gasteiger partial charge in [-0.05, 0) is 68.4 Å². The van der Waals surface area contributed by atoms with Crippen molar-refractivity contribution >= 4 is 44.4 Å². The summed E-state index contributed by atoms with van der Waals surface area (Å²) in [5.74, 6) is 0. The predicted octanol–water partition coefficient (Wildman–Crippen LogP) is 8.22. The minimum atomic E-state index is 0.929. The number of benzene rings is 5. The average molecular weight is 498 g/mol. The quantitative estimate of drug-likeness (QED) is 0.240. The van der Waals surface area contributed by atoms with E-state index in [-0.39, 0.29) is 0 Å². The maximum absolute atomic E-state index is 6.33. The Morgan fingerprint density at radius 1 is 0.590 bits per heavy atom. The van der Waals surface area contributed by atoms with E-state index in [1.807, 2.05) is 18.3 Å². The zero-order chi connectivity index (χ0) is 25.5. The molecule has 0 atom stereocenters. The molecule has 2 heterocycles. The third-order valence-corrected chi connectivity index (χ3v) is 8.56. The normalized spacial score (nSPS) is 13.6. The van der Waals surface area contributed by atoms with Crippen LogP contribution in [0, 0.1) is 0 Å². The maximum Gasteiger partial charge on any atom is 0.143 e. The Bertz CT molecular complexity index is 2270. The highest BCUT2D eigenvalue weighted by Gasteiger charge is 2.27. The largest absolute Gasteiger partial charge is 0.455 e. The van der Waals surface area contributed by atoms with Crippen molar-refractivity contribution in [2.75, 3.05) is 0 Å². The Kier molecular flexibility index (Phi) is 4.20. The number of rotatable bonds is 2. The molecule has 0 spiro atoms. The van der Waals surface area contributed by atoms with E-state index in [0.717, 1.165) is 51.6 Å². The first-order chi connectivity index (χ1) is 19.4. The summed E-state index contributed by atoms with van der Waals surface area (Å²) in [5, 5.41) is 7.64. The molecule has 182 valence electrons. The Labute approximate surface area is 225 Å². The molecule has 2 aliphatic rings. The molecule has 0 fully saturated rings. The van der Waals surface area contributed by atoms with Gasteiger partial charge in [0.2, 0.25) is 0 Å². The SMILES string of the molecule is C1=c2c(-c3ccc(-c4cccc5c4oc4ccccc45)cc3)c3ccccc3c3c2=C(CC1)c1cccnc1-3. The number of para-hydroxylation sites is 2. The van der Waals surface area contributed by atoms with Crippen molar-refractivity contribution < 1.29 is 4.42 Å². The first kappa shape index (κ1) is 21.0. The lowest BCUT2D eigenvalue weighted by Gasteiger charge is -2.15. The smallest absolute Gasteiger partial charge is 0.143 e. The molecule has 0 bridgehead atoms. The molecule has 7 aromatic rings. The highest BCUT2D eigenvalue weighted by molar-refractivity contribution is 6.11. The summed E-state index contributed by atoms with van der Waals surface area (Å²) < 4.78 is 6.33. The van der Waals surface area contributed by atoms with Crippen molar-refractivity contribution in [2.24, 2.45) is 0 Å². The van der Waals surface area contributed by atoms with Crippen LogP contribution in [0.1, 0.15) is 18.4 Å². The van der Waals surface area contributed by atoms with Crippen LogP contribution in [-0.2, 0) is 0 Å². The number of pyridine rings is 1. The molecule has 2 heteroatoms. The van der Waals surface area contributed by atoms with Gasteiger partial charge in [0.25, 0.3) is 0 Å². The average Bonchev–Trinajstić information content (AvgIpc) is 3.55. The standard InChI is InChI=1S/C37H23NO/c1-2-10-27-26(9-1)33(31-14-6-12-28-29-15-7-21-38-36(29)35(27)34(28)31)23-19-17-22(18-20-23)24-11-5-13-30-25-8-3-4-16-32(25)39-37(24)30/h1-5,7-11,13-21H,6,12H2. The van der Waals surface area contributed by atoms with E-state index < -0.39 is 0 Å². The minimum absolute atomic E-state index is 0.929. The highest BCUT2D eigenvalue weighted by atomic mass is 16.3. The number of furan rings is 1. The maximum atomic E-state index is 6.33. The van der Waals surface area contributed by atoms with Crippen molar-refractivity contribution in [3.05, 3.63) is 125 Å². The second-order valence-corrected chi connectivity index (χ2v) is 10.6. The van der Waals surface area contributed by atoms with Gasteiger partial charge in [-0.15, -0.1) is 0 Å². The zero-order valence-electron chi connectivity index (χ0n) is 21.2. The van der Waals surface area contributed by atoms with Gasteiger partial charge in [0.1, 0.15) is 11.2 Å². The molecule has 2 nitrogen and oxygen atoms in total. The molecule has 2 aromatic heterocycles. The number of aromatic nitrogens is 1. The minimum Gasteiger partial charge on any atom is -0.455 e. The molecule has 2 aliphatic carbocycles. The molecule has 0 radical (unpaired) electrons. The summed E-state index contributed by atoms with van der Waals surface area (Å²) in [6.07, 6.45) is 6.49. The van der Waals surface area contributed by atoms with E-state index in [0.29, 0.717) is 0 Å². The highest BCUT2D eigenvalue weighted by Crippen LogP contribution is 2.40. The van der Waals surface area contributed by atoms with Crippen molar-refractivity contribution in [1.29, 1.82) is 0 Å². The van der Waals surface area contributed by atoms with Crippen LogP contribution in [0.25, 0.3) is 77.9 Å². The number of nitrogens with zero attached hydrogens (tertiary/aromatic N) is 1. The summed E-state index contributed by atoms with van der Waals surface area (Å²) in [4.78, 5) is 4.86. The van der Waals surface area contributed by atoms with Crippen molar-refractivity contribution in [3.63, 3.8) is 0 Å². The zero-order valence-corrected chi connectivity index (χ0v) is 21.2. The molecule has 0 unspecified atom stereocenters. The monoisotopic (exact) mass is 497 g/mol. The van der Waals surface area contributed by atoms with Crippen LogP contribution in [-0.4, -0.2) is 4.98 Å². The fraction of sp³-hybridized carbons (Fsp3) is 0.0541. The summed E-state index contributed by atoms with van der Waals surface area (Å²) in [6.45, 7) is 0. The summed E-state index contributed by atoms with van der Waals surface area (Å²) in [5.41, 5.74) is 11.9. The van der Waals surface area contributed by atoms with E-state index in [1.54, 1.807) is 0 Å². The van der Waals surface area contributed by atoms with E-state index in [1.165, 1.54) is 49.0 Å². The first-order valence-electron chi connectivity index (χ1n) is 13.6. The lowest BCUT2D eigenvalue weighted by molar-refractivity contribution is 0.670. The van der Waals surface area contributed by atoms with Gasteiger partial charge in [0.05, 0.1) is 5.69 Å². The Morgan fingerprint density at radius 2 is 1.31 bits per heavy atom. The van der Waals surface area contributed by atoms with Crippen LogP contribution >= 0.6 is 0 Å². The molecule has 0 saturated heterocycles. The van der Waals surface area contributed by atoms with Crippen LogP contribution in [0.3, 0.4) is 0 Å². The third-order valence-electron chi connectivity index (χ3n) is 8.56. The van der Waals surface area contributed by atoms with Gasteiger partial charge in [-0.3, -0.25) is 4.98 Å². The summed E-state index contributed by atoms with van der Waals surface area (Å²) in [6, 6.07) is 36.9. The van der Waals surface area contributed by atoms with E-state index in [4.69, 9.17) is 9.40 Å². The van der Waals surface area contributed by atoms with Crippen LogP contribution in [0.2, 0.25) is 0 Å². The van der Waals surface area contributed by atoms with E-state index >= 15 is 0 Å². The number of hydrogen-bond acceptors (Lipinski definition) is 2. The molecule has 5 aromatic carbocycles. The van der Waals surface area contributed by atoms with Crippen LogP contribution in [0.4, 0.5) is 0 Å². The molecular formula is C37H23NO. The summed E-state index contributed by atoms with van der Waals surface area (Å²) in [7, 11) is 0. The molecule has 9 rings (SSSR count). The van der Waals surface area contributed by atoms with Gasteiger partial charge in [-0.25, -0.2) is 0 Å². The van der Waals surface area contributed by atoms with Crippen molar-refractivity contribution in [1.82, 2.24) is 4.98 Å². The first-order valence-corrected chi connectivity index (χ1v) is 13.6. The lowest BCUT2D eigenvalue weighted by atomic mass is 9.88. The Hall–Kier alpha value is -4.95. The van der Waals surface area contributed by atoms with Gasteiger partial charge in [-0.1, -0.05) is 97.1 Å². The predicted molar refractivity (Wildman–Crippen MR) is 161 cm³/mol. The van der Waals surface area contributed by atoms with Crippen molar-refractivity contribution in [2.45, 2.75) is 12.8 Å². The Balaban J connectivity index is 1.29. The third kappa shape index (κ3) is 2.83. The topological polar surface area (TPSA) is 26.0 Å². The lowest BCUT2D eigenvalue weighted by Crippen LogP contribution is -2.32.